The molecular formula is C11H9ClF3NO3. The molecule has 0 heterocycles. The summed E-state index contributed by atoms with van der Waals surface area (Å²) in [5, 5.41) is -0.270. The predicted molar refractivity (Wildman–Crippen MR) is 60.5 cm³/mol. The minimum atomic E-state index is -4.64. The monoisotopic (exact) mass is 295 g/mol. The van der Waals surface area contributed by atoms with Crippen LogP contribution in [-0.4, -0.2) is 18.0 Å². The van der Waals surface area contributed by atoms with Crippen LogP contribution in [0.2, 0.25) is 5.02 Å². The van der Waals surface area contributed by atoms with Gasteiger partial charge in [0.25, 0.3) is 5.91 Å². The number of hydrogen-bond acceptors (Lipinski definition) is 3. The van der Waals surface area contributed by atoms with Crippen LogP contribution in [-0.2, 0) is 15.7 Å². The molecule has 0 aromatic heterocycles. The van der Waals surface area contributed by atoms with Crippen LogP contribution in [0.4, 0.5) is 13.2 Å². The highest BCUT2D eigenvalue weighted by Crippen LogP contribution is 2.32. The molecule has 0 bridgehead atoms. The van der Waals surface area contributed by atoms with Crippen molar-refractivity contribution in [2.75, 3.05) is 0 Å². The van der Waals surface area contributed by atoms with Gasteiger partial charge in [0.05, 0.1) is 11.1 Å². The van der Waals surface area contributed by atoms with Crippen molar-refractivity contribution in [3.63, 3.8) is 0 Å². The van der Waals surface area contributed by atoms with Crippen LogP contribution in [0.25, 0.3) is 0 Å². The Morgan fingerprint density at radius 1 is 1.32 bits per heavy atom. The van der Waals surface area contributed by atoms with Gasteiger partial charge in [0.2, 0.25) is 0 Å². The number of primary amides is 1. The molecule has 4 nitrogen and oxygen atoms in total. The summed E-state index contributed by atoms with van der Waals surface area (Å²) in [5.74, 6) is -2.02. The fourth-order valence-electron chi connectivity index (χ4n) is 1.16. The van der Waals surface area contributed by atoms with Gasteiger partial charge in [-0.1, -0.05) is 11.6 Å². The highest BCUT2D eigenvalue weighted by molar-refractivity contribution is 6.31. The van der Waals surface area contributed by atoms with Crippen molar-refractivity contribution in [3.8, 4) is 0 Å². The molecule has 19 heavy (non-hydrogen) atoms. The topological polar surface area (TPSA) is 69.4 Å². The molecule has 1 rings (SSSR count). The first-order valence-corrected chi connectivity index (χ1v) is 5.37. The number of carbonyl (C=O) groups excluding carboxylic acids is 2. The second-order valence-electron chi connectivity index (χ2n) is 3.68. The van der Waals surface area contributed by atoms with E-state index < -0.39 is 35.3 Å². The Kier molecular flexibility index (Phi) is 4.41. The van der Waals surface area contributed by atoms with Gasteiger partial charge in [-0.05, 0) is 25.1 Å². The third kappa shape index (κ3) is 4.13. The number of carbonyl (C=O) groups is 2. The molecule has 0 radical (unpaired) electrons. The summed E-state index contributed by atoms with van der Waals surface area (Å²) >= 11 is 5.50. The second-order valence-corrected chi connectivity index (χ2v) is 4.11. The molecular weight excluding hydrogens is 287 g/mol. The zero-order valence-corrected chi connectivity index (χ0v) is 10.4. The highest BCUT2D eigenvalue weighted by atomic mass is 35.5. The fraction of sp³-hybridized carbons (Fsp3) is 0.273. The molecule has 0 spiro atoms. The molecule has 0 fully saturated rings. The summed E-state index contributed by atoms with van der Waals surface area (Å²) in [6.07, 6.45) is -5.89. The molecule has 1 amide bonds. The van der Waals surface area contributed by atoms with Crippen molar-refractivity contribution in [2.45, 2.75) is 19.2 Å². The van der Waals surface area contributed by atoms with Crippen molar-refractivity contribution in [2.24, 2.45) is 5.73 Å². The van der Waals surface area contributed by atoms with Gasteiger partial charge in [0.1, 0.15) is 0 Å². The molecule has 0 aliphatic rings. The molecule has 0 aliphatic heterocycles. The second kappa shape index (κ2) is 5.48. The number of rotatable bonds is 3. The maximum Gasteiger partial charge on any atom is 0.416 e. The largest absolute Gasteiger partial charge is 0.449 e. The van der Waals surface area contributed by atoms with Crippen molar-refractivity contribution >= 4 is 23.5 Å². The summed E-state index contributed by atoms with van der Waals surface area (Å²) in [5.41, 5.74) is 3.38. The maximum absolute atomic E-state index is 12.5. The van der Waals surface area contributed by atoms with Crippen molar-refractivity contribution in [1.82, 2.24) is 0 Å². The number of esters is 1. The number of alkyl halides is 3. The lowest BCUT2D eigenvalue weighted by atomic mass is 10.1. The summed E-state index contributed by atoms with van der Waals surface area (Å²) in [6.45, 7) is 1.20. The standard InChI is InChI=1S/C11H9ClF3NO3/c1-5(9(16)17)19-10(18)6-2-7(11(13,14)15)4-8(12)3-6/h2-5H,1H3,(H2,16,17)/t5-/m0/s1. The van der Waals surface area contributed by atoms with Crippen LogP contribution in [0.1, 0.15) is 22.8 Å². The van der Waals surface area contributed by atoms with Gasteiger partial charge in [-0.15, -0.1) is 0 Å². The molecule has 1 atom stereocenters. The number of hydrogen-bond donors (Lipinski definition) is 1. The molecule has 1 aromatic rings. The van der Waals surface area contributed by atoms with E-state index in [9.17, 15) is 22.8 Å². The zero-order chi connectivity index (χ0) is 14.8. The lowest BCUT2D eigenvalue weighted by Gasteiger charge is -2.12. The van der Waals surface area contributed by atoms with Gasteiger partial charge in [-0.25, -0.2) is 4.79 Å². The molecule has 0 aliphatic carbocycles. The number of nitrogens with two attached hydrogens (primary N) is 1. The SMILES string of the molecule is C[C@H](OC(=O)c1cc(Cl)cc(C(F)(F)F)c1)C(N)=O. The Morgan fingerprint density at radius 2 is 1.89 bits per heavy atom. The number of halogens is 4. The molecule has 2 N–H and O–H groups in total. The maximum atomic E-state index is 12.5. The quantitative estimate of drug-likeness (QED) is 0.871. The van der Waals surface area contributed by atoms with E-state index >= 15 is 0 Å². The van der Waals surface area contributed by atoms with E-state index in [0.29, 0.717) is 12.1 Å². The Balaban J connectivity index is 3.04. The molecule has 8 heteroatoms. The smallest absolute Gasteiger partial charge is 0.416 e. The average Bonchev–Trinajstić information content (AvgIpc) is 2.26. The molecule has 104 valence electrons. The summed E-state index contributed by atoms with van der Waals surface area (Å²) in [7, 11) is 0. The van der Waals surface area contributed by atoms with Crippen molar-refractivity contribution in [1.29, 1.82) is 0 Å². The Hall–Kier alpha value is -1.76. The Bertz CT molecular complexity index is 516. The first kappa shape index (κ1) is 15.3. The Morgan fingerprint density at radius 3 is 2.37 bits per heavy atom. The number of benzene rings is 1. The van der Waals surface area contributed by atoms with E-state index in [1.807, 2.05) is 0 Å². The molecule has 0 unspecified atom stereocenters. The van der Waals surface area contributed by atoms with E-state index in [0.717, 1.165) is 6.07 Å². The zero-order valence-electron chi connectivity index (χ0n) is 9.62. The molecule has 0 saturated carbocycles. The van der Waals surface area contributed by atoms with Crippen LogP contribution in [0.3, 0.4) is 0 Å². The molecule has 1 aromatic carbocycles. The average molecular weight is 296 g/mol. The van der Waals surface area contributed by atoms with Crippen LogP contribution in [0.5, 0.6) is 0 Å². The lowest BCUT2D eigenvalue weighted by Crippen LogP contribution is -2.30. The highest BCUT2D eigenvalue weighted by Gasteiger charge is 2.32. The summed E-state index contributed by atoms with van der Waals surface area (Å²) in [4.78, 5) is 22.2. The third-order valence-corrected chi connectivity index (χ3v) is 2.36. The summed E-state index contributed by atoms with van der Waals surface area (Å²) < 4.78 is 42.1. The van der Waals surface area contributed by atoms with Crippen LogP contribution < -0.4 is 5.73 Å². The first-order chi connectivity index (χ1) is 8.61. The minimum absolute atomic E-state index is 0.270. The first-order valence-electron chi connectivity index (χ1n) is 4.99. The van der Waals surface area contributed by atoms with E-state index in [2.05, 4.69) is 4.74 Å². The van der Waals surface area contributed by atoms with E-state index in [-0.39, 0.29) is 5.02 Å². The predicted octanol–water partition coefficient (Wildman–Crippen LogP) is 2.39. The normalized spacial score (nSPS) is 12.9. The van der Waals surface area contributed by atoms with Crippen LogP contribution >= 0.6 is 11.6 Å². The van der Waals surface area contributed by atoms with Gasteiger partial charge in [-0.2, -0.15) is 13.2 Å². The Labute approximate surface area is 111 Å². The molecule has 0 saturated heterocycles. The summed E-state index contributed by atoms with van der Waals surface area (Å²) in [6, 6.07) is 2.27. The van der Waals surface area contributed by atoms with E-state index in [4.69, 9.17) is 17.3 Å². The fourth-order valence-corrected chi connectivity index (χ4v) is 1.39. The number of ether oxygens (including phenoxy) is 1. The van der Waals surface area contributed by atoms with Crippen LogP contribution in [0.15, 0.2) is 18.2 Å². The third-order valence-electron chi connectivity index (χ3n) is 2.15. The van der Waals surface area contributed by atoms with Gasteiger partial charge >= 0.3 is 12.1 Å². The van der Waals surface area contributed by atoms with Gasteiger partial charge < -0.3 is 10.5 Å². The lowest BCUT2D eigenvalue weighted by molar-refractivity contribution is -0.137. The van der Waals surface area contributed by atoms with E-state index in [1.165, 1.54) is 6.92 Å². The van der Waals surface area contributed by atoms with E-state index in [1.54, 1.807) is 0 Å². The van der Waals surface area contributed by atoms with Crippen LogP contribution in [0, 0.1) is 0 Å². The van der Waals surface area contributed by atoms with Gasteiger partial charge in [-0.3, -0.25) is 4.79 Å². The van der Waals surface area contributed by atoms with Gasteiger partial charge in [0, 0.05) is 5.02 Å². The number of amides is 1. The van der Waals surface area contributed by atoms with Gasteiger partial charge in [0.15, 0.2) is 6.10 Å². The van der Waals surface area contributed by atoms with Crippen molar-refractivity contribution in [3.05, 3.63) is 34.3 Å². The minimum Gasteiger partial charge on any atom is -0.449 e. The van der Waals surface area contributed by atoms with Crippen molar-refractivity contribution < 1.29 is 27.5 Å².